The second-order valence-corrected chi connectivity index (χ2v) is 3.45. The van der Waals surface area contributed by atoms with E-state index in [0.717, 1.165) is 0 Å². The molecule has 11 heavy (non-hydrogen) atoms. The third-order valence-corrected chi connectivity index (χ3v) is 3.06. The molecule has 1 N–H and O–H groups in total. The third-order valence-electron chi connectivity index (χ3n) is 3.06. The average Bonchev–Trinajstić information content (AvgIpc) is 2.39. The molecule has 2 nitrogen and oxygen atoms in total. The van der Waals surface area contributed by atoms with Gasteiger partial charge in [-0.25, -0.2) is 4.98 Å². The largest absolute Gasteiger partial charge is 0.348 e. The van der Waals surface area contributed by atoms with E-state index in [-0.39, 0.29) is 0 Å². The van der Waals surface area contributed by atoms with Crippen LogP contribution in [0.1, 0.15) is 38.3 Å². The molecule has 1 aliphatic rings. The Hall–Kier alpha value is -0.790. The maximum Gasteiger partial charge on any atom is 0.0921 e. The number of nitrogens with one attached hydrogen (secondary N) is 1. The summed E-state index contributed by atoms with van der Waals surface area (Å²) in [6.07, 6.45) is 9.06. The van der Waals surface area contributed by atoms with E-state index >= 15 is 0 Å². The van der Waals surface area contributed by atoms with E-state index < -0.39 is 0 Å². The minimum atomic E-state index is 0.469. The lowest BCUT2D eigenvalue weighted by atomic mass is 9.65. The van der Waals surface area contributed by atoms with Crippen LogP contribution < -0.4 is 0 Å². The summed E-state index contributed by atoms with van der Waals surface area (Å²) in [5, 5.41) is 0. The van der Waals surface area contributed by atoms with E-state index in [0.29, 0.717) is 5.41 Å². The molecule has 0 spiro atoms. The lowest BCUT2D eigenvalue weighted by molar-refractivity contribution is 0.228. The molecule has 0 unspecified atom stereocenters. The van der Waals surface area contributed by atoms with Crippen LogP contribution in [0, 0.1) is 0 Å². The van der Waals surface area contributed by atoms with Crippen molar-refractivity contribution in [2.45, 2.75) is 38.0 Å². The van der Waals surface area contributed by atoms with Gasteiger partial charge in [-0.15, -0.1) is 0 Å². The summed E-state index contributed by atoms with van der Waals surface area (Å²) in [4.78, 5) is 7.28. The first kappa shape index (κ1) is 6.89. The van der Waals surface area contributed by atoms with Crippen LogP contribution in [0.3, 0.4) is 0 Å². The molecule has 1 aromatic heterocycles. The zero-order valence-electron chi connectivity index (χ0n) is 6.93. The predicted molar refractivity (Wildman–Crippen MR) is 44.4 cm³/mol. The molecule has 60 valence electrons. The number of imidazole rings is 1. The van der Waals surface area contributed by atoms with Gasteiger partial charge >= 0.3 is 0 Å². The number of aromatic nitrogens is 2. The fourth-order valence-corrected chi connectivity index (χ4v) is 1.96. The molecule has 1 heterocycles. The standard InChI is InChI=1S/C9H14N2/c1-2-9(4-3-5-9)8-6-10-7-11-8/h6-7H,2-5H2,1H3,(H,10,11). The number of rotatable bonds is 2. The zero-order chi connectivity index (χ0) is 7.73. The Kier molecular flexibility index (Phi) is 1.48. The van der Waals surface area contributed by atoms with Crippen molar-refractivity contribution in [1.82, 2.24) is 9.97 Å². The van der Waals surface area contributed by atoms with Crippen LogP contribution in [0.4, 0.5) is 0 Å². The van der Waals surface area contributed by atoms with Crippen molar-refractivity contribution in [3.63, 3.8) is 0 Å². The van der Waals surface area contributed by atoms with Crippen molar-refractivity contribution in [3.05, 3.63) is 18.2 Å². The first-order valence-corrected chi connectivity index (χ1v) is 4.36. The smallest absolute Gasteiger partial charge is 0.0921 e. The second-order valence-electron chi connectivity index (χ2n) is 3.45. The van der Waals surface area contributed by atoms with E-state index in [2.05, 4.69) is 16.9 Å². The molecule has 2 rings (SSSR count). The number of nitrogens with zero attached hydrogens (tertiary/aromatic N) is 1. The summed E-state index contributed by atoms with van der Waals surface area (Å²) in [7, 11) is 0. The molecule has 0 aromatic carbocycles. The highest BCUT2D eigenvalue weighted by Gasteiger charge is 2.37. The SMILES string of the molecule is CCC1(c2cnc[nH]2)CCC1. The van der Waals surface area contributed by atoms with E-state index in [9.17, 15) is 0 Å². The minimum Gasteiger partial charge on any atom is -0.348 e. The molecule has 1 saturated carbocycles. The number of H-pyrrole nitrogens is 1. The Bertz CT molecular complexity index is 216. The summed E-state index contributed by atoms with van der Waals surface area (Å²) in [6, 6.07) is 0. The zero-order valence-corrected chi connectivity index (χ0v) is 6.93. The quantitative estimate of drug-likeness (QED) is 0.688. The minimum absolute atomic E-state index is 0.469. The Morgan fingerprint density at radius 2 is 2.45 bits per heavy atom. The summed E-state index contributed by atoms with van der Waals surface area (Å²) in [5.74, 6) is 0. The molecular formula is C9H14N2. The van der Waals surface area contributed by atoms with Crippen molar-refractivity contribution in [1.29, 1.82) is 0 Å². The summed E-state index contributed by atoms with van der Waals surface area (Å²) < 4.78 is 0. The Morgan fingerprint density at radius 1 is 1.64 bits per heavy atom. The van der Waals surface area contributed by atoms with Gasteiger partial charge < -0.3 is 4.98 Å². The maximum absolute atomic E-state index is 4.06. The van der Waals surface area contributed by atoms with Crippen LogP contribution in [-0.4, -0.2) is 9.97 Å². The summed E-state index contributed by atoms with van der Waals surface area (Å²) >= 11 is 0. The van der Waals surface area contributed by atoms with Gasteiger partial charge in [0.15, 0.2) is 0 Å². The van der Waals surface area contributed by atoms with Crippen LogP contribution in [0.5, 0.6) is 0 Å². The van der Waals surface area contributed by atoms with Gasteiger partial charge in [-0.05, 0) is 19.3 Å². The maximum atomic E-state index is 4.06. The highest BCUT2D eigenvalue weighted by Crippen LogP contribution is 2.45. The number of hydrogen-bond donors (Lipinski definition) is 1. The first-order valence-electron chi connectivity index (χ1n) is 4.36. The highest BCUT2D eigenvalue weighted by molar-refractivity contribution is 5.16. The van der Waals surface area contributed by atoms with Gasteiger partial charge in [-0.3, -0.25) is 0 Å². The normalized spacial score (nSPS) is 21.2. The molecule has 0 saturated heterocycles. The van der Waals surface area contributed by atoms with E-state index in [1.165, 1.54) is 31.4 Å². The molecule has 1 fully saturated rings. The van der Waals surface area contributed by atoms with E-state index in [4.69, 9.17) is 0 Å². The van der Waals surface area contributed by atoms with Crippen LogP contribution in [0.25, 0.3) is 0 Å². The Balaban J connectivity index is 2.25. The Labute approximate surface area is 67.0 Å². The average molecular weight is 150 g/mol. The van der Waals surface area contributed by atoms with Crippen LogP contribution in [-0.2, 0) is 5.41 Å². The first-order chi connectivity index (χ1) is 5.37. The molecule has 0 radical (unpaired) electrons. The molecule has 0 bridgehead atoms. The van der Waals surface area contributed by atoms with Crippen molar-refractivity contribution in [2.24, 2.45) is 0 Å². The van der Waals surface area contributed by atoms with Crippen LogP contribution >= 0.6 is 0 Å². The molecule has 2 heteroatoms. The highest BCUT2D eigenvalue weighted by atomic mass is 14.9. The molecule has 1 aliphatic carbocycles. The fourth-order valence-electron chi connectivity index (χ4n) is 1.96. The van der Waals surface area contributed by atoms with E-state index in [1.54, 1.807) is 6.33 Å². The molecular weight excluding hydrogens is 136 g/mol. The second kappa shape index (κ2) is 2.36. The van der Waals surface area contributed by atoms with Gasteiger partial charge in [-0.1, -0.05) is 13.3 Å². The number of hydrogen-bond acceptors (Lipinski definition) is 1. The van der Waals surface area contributed by atoms with Crippen LogP contribution in [0.2, 0.25) is 0 Å². The van der Waals surface area contributed by atoms with Gasteiger partial charge in [0.05, 0.1) is 6.33 Å². The summed E-state index contributed by atoms with van der Waals surface area (Å²) in [6.45, 7) is 2.26. The van der Waals surface area contributed by atoms with Gasteiger partial charge in [0, 0.05) is 17.3 Å². The number of aromatic amines is 1. The molecule has 1 aromatic rings. The monoisotopic (exact) mass is 150 g/mol. The lowest BCUT2D eigenvalue weighted by Crippen LogP contribution is -2.33. The lowest BCUT2D eigenvalue weighted by Gasteiger charge is -2.40. The van der Waals surface area contributed by atoms with Gasteiger partial charge in [-0.2, -0.15) is 0 Å². The Morgan fingerprint density at radius 3 is 2.82 bits per heavy atom. The van der Waals surface area contributed by atoms with Gasteiger partial charge in [0.25, 0.3) is 0 Å². The van der Waals surface area contributed by atoms with Crippen molar-refractivity contribution >= 4 is 0 Å². The molecule has 0 atom stereocenters. The predicted octanol–water partition coefficient (Wildman–Crippen LogP) is 2.24. The van der Waals surface area contributed by atoms with Gasteiger partial charge in [0.1, 0.15) is 0 Å². The fraction of sp³-hybridized carbons (Fsp3) is 0.667. The van der Waals surface area contributed by atoms with E-state index in [1.807, 2.05) is 6.20 Å². The molecule has 0 aliphatic heterocycles. The third kappa shape index (κ3) is 0.889. The van der Waals surface area contributed by atoms with Gasteiger partial charge in [0.2, 0.25) is 0 Å². The van der Waals surface area contributed by atoms with Crippen LogP contribution in [0.15, 0.2) is 12.5 Å². The topological polar surface area (TPSA) is 28.7 Å². The summed E-state index contributed by atoms with van der Waals surface area (Å²) in [5.41, 5.74) is 1.81. The van der Waals surface area contributed by atoms with Crippen molar-refractivity contribution in [2.75, 3.05) is 0 Å². The molecule has 0 amide bonds. The van der Waals surface area contributed by atoms with Crippen molar-refractivity contribution in [3.8, 4) is 0 Å². The van der Waals surface area contributed by atoms with Crippen molar-refractivity contribution < 1.29 is 0 Å².